The molecule has 1 atom stereocenters. The molecule has 2 amide bonds. The summed E-state index contributed by atoms with van der Waals surface area (Å²) in [4.78, 5) is 25.7. The molecule has 2 rings (SSSR count). The Morgan fingerprint density at radius 3 is 2.22 bits per heavy atom. The van der Waals surface area contributed by atoms with E-state index in [9.17, 15) is 9.59 Å². The third-order valence-corrected chi connectivity index (χ3v) is 3.61. The molecule has 5 nitrogen and oxygen atoms in total. The zero-order valence-corrected chi connectivity index (χ0v) is 13.4. The molecular weight excluding hydrogens is 292 g/mol. The van der Waals surface area contributed by atoms with Crippen LogP contribution in [0.1, 0.15) is 18.5 Å². The maximum absolute atomic E-state index is 12.2. The van der Waals surface area contributed by atoms with Crippen LogP contribution in [0.5, 0.6) is 5.75 Å². The Hall–Kier alpha value is -2.82. The van der Waals surface area contributed by atoms with Gasteiger partial charge in [-0.2, -0.15) is 0 Å². The minimum absolute atomic E-state index is 0.276. The van der Waals surface area contributed by atoms with Gasteiger partial charge in [-0.25, -0.2) is 0 Å². The fourth-order valence-corrected chi connectivity index (χ4v) is 2.16. The molecule has 0 heterocycles. The van der Waals surface area contributed by atoms with Gasteiger partial charge >= 0.3 is 11.8 Å². The lowest BCUT2D eigenvalue weighted by Gasteiger charge is -2.19. The van der Waals surface area contributed by atoms with Crippen LogP contribution in [-0.2, 0) is 9.59 Å². The topological polar surface area (TPSA) is 58.6 Å². The Morgan fingerprint density at radius 2 is 1.65 bits per heavy atom. The molecule has 2 aromatic rings. The van der Waals surface area contributed by atoms with E-state index in [4.69, 9.17) is 4.74 Å². The summed E-state index contributed by atoms with van der Waals surface area (Å²) in [5, 5.41) is 2.71. The molecular formula is C18H20N2O3. The van der Waals surface area contributed by atoms with Gasteiger partial charge in [-0.1, -0.05) is 30.3 Å². The van der Waals surface area contributed by atoms with E-state index in [1.807, 2.05) is 49.4 Å². The fourth-order valence-electron chi connectivity index (χ4n) is 2.16. The second-order valence-corrected chi connectivity index (χ2v) is 5.17. The van der Waals surface area contributed by atoms with Gasteiger partial charge in [0, 0.05) is 12.7 Å². The summed E-state index contributed by atoms with van der Waals surface area (Å²) in [6, 6.07) is 16.1. The number of carbonyl (C=O) groups is 2. The Kier molecular flexibility index (Phi) is 5.36. The SMILES string of the molecule is COc1ccc(C(C)NC(=O)C(=O)N(C)c2ccccc2)cc1. The van der Waals surface area contributed by atoms with Crippen molar-refractivity contribution in [2.45, 2.75) is 13.0 Å². The van der Waals surface area contributed by atoms with Gasteiger partial charge in [0.05, 0.1) is 13.2 Å². The lowest BCUT2D eigenvalue weighted by atomic mass is 10.1. The van der Waals surface area contributed by atoms with Gasteiger partial charge in [0.2, 0.25) is 0 Å². The van der Waals surface area contributed by atoms with Crippen molar-refractivity contribution in [1.82, 2.24) is 5.32 Å². The highest BCUT2D eigenvalue weighted by Crippen LogP contribution is 2.17. The van der Waals surface area contributed by atoms with Crippen molar-refractivity contribution in [1.29, 1.82) is 0 Å². The van der Waals surface area contributed by atoms with E-state index in [0.29, 0.717) is 5.69 Å². The molecule has 0 radical (unpaired) electrons. The molecule has 0 aliphatic rings. The van der Waals surface area contributed by atoms with E-state index in [1.54, 1.807) is 26.3 Å². The maximum Gasteiger partial charge on any atom is 0.316 e. The molecule has 0 saturated carbocycles. The van der Waals surface area contributed by atoms with Gasteiger partial charge in [0.1, 0.15) is 5.75 Å². The molecule has 5 heteroatoms. The Labute approximate surface area is 135 Å². The normalized spacial score (nSPS) is 11.4. The third-order valence-electron chi connectivity index (χ3n) is 3.61. The quantitative estimate of drug-likeness (QED) is 0.883. The molecule has 0 aromatic heterocycles. The number of para-hydroxylation sites is 1. The monoisotopic (exact) mass is 312 g/mol. The van der Waals surface area contributed by atoms with Gasteiger partial charge in [-0.05, 0) is 36.8 Å². The molecule has 0 saturated heterocycles. The summed E-state index contributed by atoms with van der Waals surface area (Å²) in [7, 11) is 3.17. The van der Waals surface area contributed by atoms with E-state index < -0.39 is 11.8 Å². The predicted molar refractivity (Wildman–Crippen MR) is 89.4 cm³/mol. The fraction of sp³-hybridized carbons (Fsp3) is 0.222. The second kappa shape index (κ2) is 7.45. The van der Waals surface area contributed by atoms with Gasteiger partial charge < -0.3 is 15.0 Å². The molecule has 0 aliphatic heterocycles. The molecule has 0 spiro atoms. The lowest BCUT2D eigenvalue weighted by molar-refractivity contribution is -0.137. The number of rotatable bonds is 4. The minimum atomic E-state index is -0.639. The number of ether oxygens (including phenoxy) is 1. The number of hydrogen-bond donors (Lipinski definition) is 1. The highest BCUT2D eigenvalue weighted by molar-refractivity contribution is 6.40. The largest absolute Gasteiger partial charge is 0.497 e. The maximum atomic E-state index is 12.2. The average Bonchev–Trinajstić information content (AvgIpc) is 2.61. The summed E-state index contributed by atoms with van der Waals surface area (Å²) in [6.07, 6.45) is 0. The van der Waals surface area contributed by atoms with E-state index >= 15 is 0 Å². The van der Waals surface area contributed by atoms with Crippen LogP contribution in [0.2, 0.25) is 0 Å². The molecule has 2 aromatic carbocycles. The van der Waals surface area contributed by atoms with Crippen molar-refractivity contribution in [2.24, 2.45) is 0 Å². The predicted octanol–water partition coefficient (Wildman–Crippen LogP) is 2.54. The smallest absolute Gasteiger partial charge is 0.316 e. The van der Waals surface area contributed by atoms with Crippen LogP contribution in [0.4, 0.5) is 5.69 Å². The molecule has 0 bridgehead atoms. The third kappa shape index (κ3) is 4.10. The summed E-state index contributed by atoms with van der Waals surface area (Å²) < 4.78 is 5.10. The number of anilines is 1. The number of hydrogen-bond acceptors (Lipinski definition) is 3. The van der Waals surface area contributed by atoms with Gasteiger partial charge in [-0.3, -0.25) is 9.59 Å². The number of likely N-dealkylation sites (N-methyl/N-ethyl adjacent to an activating group) is 1. The summed E-state index contributed by atoms with van der Waals surface area (Å²) in [6.45, 7) is 1.83. The van der Waals surface area contributed by atoms with Gasteiger partial charge in [0.25, 0.3) is 0 Å². The molecule has 120 valence electrons. The molecule has 1 unspecified atom stereocenters. The number of nitrogens with one attached hydrogen (secondary N) is 1. The first-order chi connectivity index (χ1) is 11.0. The lowest BCUT2D eigenvalue weighted by Crippen LogP contribution is -2.42. The van der Waals surface area contributed by atoms with E-state index in [1.165, 1.54) is 4.90 Å². The molecule has 23 heavy (non-hydrogen) atoms. The molecule has 0 fully saturated rings. The summed E-state index contributed by atoms with van der Waals surface area (Å²) in [5.41, 5.74) is 1.57. The van der Waals surface area contributed by atoms with E-state index in [2.05, 4.69) is 5.32 Å². The number of carbonyl (C=O) groups excluding carboxylic acids is 2. The number of benzene rings is 2. The van der Waals surface area contributed by atoms with Gasteiger partial charge in [-0.15, -0.1) is 0 Å². The van der Waals surface area contributed by atoms with Crippen LogP contribution in [0.15, 0.2) is 54.6 Å². The van der Waals surface area contributed by atoms with Crippen molar-refractivity contribution in [3.63, 3.8) is 0 Å². The van der Waals surface area contributed by atoms with Crippen LogP contribution in [-0.4, -0.2) is 26.0 Å². The van der Waals surface area contributed by atoms with Crippen molar-refractivity contribution in [2.75, 3.05) is 19.1 Å². The first-order valence-electron chi connectivity index (χ1n) is 7.30. The van der Waals surface area contributed by atoms with Crippen molar-refractivity contribution < 1.29 is 14.3 Å². The molecule has 1 N–H and O–H groups in total. The Balaban J connectivity index is 2.01. The Bertz CT molecular complexity index is 668. The van der Waals surface area contributed by atoms with E-state index in [0.717, 1.165) is 11.3 Å². The highest BCUT2D eigenvalue weighted by atomic mass is 16.5. The minimum Gasteiger partial charge on any atom is -0.497 e. The van der Waals surface area contributed by atoms with Crippen LogP contribution < -0.4 is 15.0 Å². The standard InChI is InChI=1S/C18H20N2O3/c1-13(14-9-11-16(23-3)12-10-14)19-17(21)18(22)20(2)15-7-5-4-6-8-15/h4-13H,1-3H3,(H,19,21). The van der Waals surface area contributed by atoms with Gasteiger partial charge in [0.15, 0.2) is 0 Å². The summed E-state index contributed by atoms with van der Waals surface area (Å²) >= 11 is 0. The van der Waals surface area contributed by atoms with Crippen molar-refractivity contribution >= 4 is 17.5 Å². The number of amides is 2. The average molecular weight is 312 g/mol. The Morgan fingerprint density at radius 1 is 1.04 bits per heavy atom. The van der Waals surface area contributed by atoms with Crippen LogP contribution in [0.25, 0.3) is 0 Å². The van der Waals surface area contributed by atoms with Crippen molar-refractivity contribution in [3.8, 4) is 5.75 Å². The second-order valence-electron chi connectivity index (χ2n) is 5.17. The number of methoxy groups -OCH3 is 1. The van der Waals surface area contributed by atoms with E-state index in [-0.39, 0.29) is 6.04 Å². The zero-order chi connectivity index (χ0) is 16.8. The highest BCUT2D eigenvalue weighted by Gasteiger charge is 2.21. The van der Waals surface area contributed by atoms with Crippen LogP contribution in [0.3, 0.4) is 0 Å². The number of nitrogens with zero attached hydrogens (tertiary/aromatic N) is 1. The molecule has 0 aliphatic carbocycles. The summed E-state index contributed by atoms with van der Waals surface area (Å²) in [5.74, 6) is -0.497. The zero-order valence-electron chi connectivity index (χ0n) is 13.4. The van der Waals surface area contributed by atoms with Crippen LogP contribution in [0, 0.1) is 0 Å². The van der Waals surface area contributed by atoms with Crippen LogP contribution >= 0.6 is 0 Å². The first kappa shape index (κ1) is 16.5. The first-order valence-corrected chi connectivity index (χ1v) is 7.30. The van der Waals surface area contributed by atoms with Crippen molar-refractivity contribution in [3.05, 3.63) is 60.2 Å².